The van der Waals surface area contributed by atoms with E-state index in [0.717, 1.165) is 39.5 Å². The van der Waals surface area contributed by atoms with Crippen molar-refractivity contribution in [2.45, 2.75) is 31.3 Å². The molecule has 1 aliphatic heterocycles. The molecular weight excluding hydrogens is 390 g/mol. The average molecular weight is 407 g/mol. The minimum absolute atomic E-state index is 0.0155. The molecule has 1 amide bonds. The van der Waals surface area contributed by atoms with E-state index < -0.39 is 0 Å². The number of anilines is 1. The molecule has 146 valence electrons. The second kappa shape index (κ2) is 6.38. The number of amides is 1. The highest BCUT2D eigenvalue weighted by atomic mass is 32.1. The third-order valence-electron chi connectivity index (χ3n) is 5.24. The van der Waals surface area contributed by atoms with Crippen LogP contribution in [0.4, 0.5) is 6.01 Å². The van der Waals surface area contributed by atoms with Crippen LogP contribution in [0.2, 0.25) is 0 Å². The van der Waals surface area contributed by atoms with Gasteiger partial charge in [-0.2, -0.15) is 0 Å². The first-order chi connectivity index (χ1) is 14.3. The molecule has 6 rings (SSSR count). The van der Waals surface area contributed by atoms with E-state index in [1.807, 2.05) is 24.3 Å². The largest absolute Gasteiger partial charge is 0.399 e. The third-order valence-corrected chi connectivity index (χ3v) is 6.33. The Hall–Kier alpha value is -3.27. The zero-order valence-electron chi connectivity index (χ0n) is 15.3. The van der Waals surface area contributed by atoms with Crippen molar-refractivity contribution >= 4 is 33.5 Å². The van der Waals surface area contributed by atoms with Crippen molar-refractivity contribution in [2.75, 3.05) is 11.9 Å². The Kier molecular flexibility index (Phi) is 3.66. The monoisotopic (exact) mass is 407 g/mol. The normalized spacial score (nSPS) is 18.8. The Bertz CT molecular complexity index is 1180. The smallest absolute Gasteiger partial charge is 0.316 e. The van der Waals surface area contributed by atoms with Gasteiger partial charge in [-0.25, -0.2) is 9.97 Å². The molecule has 9 nitrogen and oxygen atoms in total. The number of hydrogen-bond donors (Lipinski definition) is 2. The Labute approximate surface area is 169 Å². The van der Waals surface area contributed by atoms with Gasteiger partial charge >= 0.3 is 17.8 Å². The second-order valence-corrected chi connectivity index (χ2v) is 8.33. The van der Waals surface area contributed by atoms with Crippen molar-refractivity contribution in [1.29, 1.82) is 0 Å². The predicted molar refractivity (Wildman–Crippen MR) is 106 cm³/mol. The lowest BCUT2D eigenvalue weighted by molar-refractivity contribution is 0.0650. The SMILES string of the molecule is O=C(c1nnc(NC2CC2)o1)N1CCc2[nH]cnc2[C@H]1c1nc2ccccc2s1. The van der Waals surface area contributed by atoms with Crippen LogP contribution in [0.1, 0.15) is 46.0 Å². The van der Waals surface area contributed by atoms with Gasteiger partial charge in [0.1, 0.15) is 11.0 Å². The lowest BCUT2D eigenvalue weighted by Gasteiger charge is -2.32. The fourth-order valence-electron chi connectivity index (χ4n) is 3.65. The maximum atomic E-state index is 13.3. The molecule has 2 N–H and O–H groups in total. The van der Waals surface area contributed by atoms with Crippen molar-refractivity contribution in [3.8, 4) is 0 Å². The number of rotatable bonds is 4. The van der Waals surface area contributed by atoms with Crippen LogP contribution in [0.25, 0.3) is 10.2 Å². The summed E-state index contributed by atoms with van der Waals surface area (Å²) >= 11 is 1.57. The molecule has 1 atom stereocenters. The molecule has 4 aromatic rings. The van der Waals surface area contributed by atoms with Gasteiger partial charge in [-0.3, -0.25) is 4.79 Å². The number of nitrogens with one attached hydrogen (secondary N) is 2. The number of fused-ring (bicyclic) bond motifs is 2. The van der Waals surface area contributed by atoms with Crippen LogP contribution in [0, 0.1) is 0 Å². The fraction of sp³-hybridized carbons (Fsp3) is 0.316. The van der Waals surface area contributed by atoms with Crippen molar-refractivity contribution in [3.05, 3.63) is 52.9 Å². The molecular formula is C19H17N7O2S. The van der Waals surface area contributed by atoms with Crippen LogP contribution in [-0.4, -0.2) is 48.5 Å². The van der Waals surface area contributed by atoms with Gasteiger partial charge in [-0.15, -0.1) is 16.4 Å². The van der Waals surface area contributed by atoms with E-state index in [1.54, 1.807) is 22.6 Å². The van der Waals surface area contributed by atoms with Crippen LogP contribution in [-0.2, 0) is 6.42 Å². The fourth-order valence-corrected chi connectivity index (χ4v) is 4.73. The number of imidazole rings is 1. The summed E-state index contributed by atoms with van der Waals surface area (Å²) in [6.07, 6.45) is 4.52. The highest BCUT2D eigenvalue weighted by Crippen LogP contribution is 2.38. The molecule has 1 aromatic carbocycles. The molecule has 3 aromatic heterocycles. The van der Waals surface area contributed by atoms with Crippen molar-refractivity contribution < 1.29 is 9.21 Å². The standard InChI is InChI=1S/C19H17N7O2S/c27-18(16-24-25-19(28-16)22-10-5-6-10)26-8-7-12-14(21-9-20-12)15(26)17-23-11-3-1-2-4-13(11)29-17/h1-4,9-10,15H,5-8H2,(H,20,21)(H,22,25)/t15-/m0/s1. The van der Waals surface area contributed by atoms with Crippen LogP contribution in [0.15, 0.2) is 35.0 Å². The first kappa shape index (κ1) is 16.7. The van der Waals surface area contributed by atoms with E-state index in [4.69, 9.17) is 9.40 Å². The number of hydrogen-bond acceptors (Lipinski definition) is 8. The molecule has 1 fully saturated rings. The number of para-hydroxylation sites is 1. The number of carbonyl (C=O) groups is 1. The maximum Gasteiger partial charge on any atom is 0.316 e. The summed E-state index contributed by atoms with van der Waals surface area (Å²) in [6.45, 7) is 0.516. The highest BCUT2D eigenvalue weighted by Gasteiger charge is 2.38. The van der Waals surface area contributed by atoms with E-state index in [0.29, 0.717) is 25.0 Å². The summed E-state index contributed by atoms with van der Waals surface area (Å²) in [5, 5.41) is 11.9. The van der Waals surface area contributed by atoms with Crippen molar-refractivity contribution in [3.63, 3.8) is 0 Å². The van der Waals surface area contributed by atoms with E-state index in [1.165, 1.54) is 0 Å². The van der Waals surface area contributed by atoms with Gasteiger partial charge in [0.15, 0.2) is 0 Å². The highest BCUT2D eigenvalue weighted by molar-refractivity contribution is 7.18. The number of H-pyrrole nitrogens is 1. The lowest BCUT2D eigenvalue weighted by Crippen LogP contribution is -2.41. The number of aromatic nitrogens is 5. The van der Waals surface area contributed by atoms with Crippen LogP contribution in [0.5, 0.6) is 0 Å². The van der Waals surface area contributed by atoms with Gasteiger partial charge < -0.3 is 19.6 Å². The Balaban J connectivity index is 1.38. The molecule has 0 saturated heterocycles. The maximum absolute atomic E-state index is 13.3. The number of aromatic amines is 1. The van der Waals surface area contributed by atoms with Gasteiger partial charge in [0.05, 0.1) is 22.2 Å². The Morgan fingerprint density at radius 2 is 2.17 bits per heavy atom. The average Bonchev–Trinajstić information content (AvgIpc) is 3.15. The second-order valence-electron chi connectivity index (χ2n) is 7.27. The minimum Gasteiger partial charge on any atom is -0.399 e. The molecule has 0 bridgehead atoms. The first-order valence-corrected chi connectivity index (χ1v) is 10.4. The van der Waals surface area contributed by atoms with Gasteiger partial charge in [0.2, 0.25) is 0 Å². The zero-order chi connectivity index (χ0) is 19.4. The van der Waals surface area contributed by atoms with E-state index in [-0.39, 0.29) is 17.8 Å². The first-order valence-electron chi connectivity index (χ1n) is 9.55. The van der Waals surface area contributed by atoms with Gasteiger partial charge in [-0.1, -0.05) is 17.2 Å². The molecule has 0 spiro atoms. The summed E-state index contributed by atoms with van der Waals surface area (Å²) < 4.78 is 6.67. The third kappa shape index (κ3) is 2.87. The quantitative estimate of drug-likeness (QED) is 0.535. The number of carbonyl (C=O) groups excluding carboxylic acids is 1. The van der Waals surface area contributed by atoms with Crippen LogP contribution >= 0.6 is 11.3 Å². The molecule has 4 heterocycles. The number of nitrogens with zero attached hydrogens (tertiary/aromatic N) is 5. The summed E-state index contributed by atoms with van der Waals surface area (Å²) in [5.41, 5.74) is 2.76. The molecule has 1 saturated carbocycles. The summed E-state index contributed by atoms with van der Waals surface area (Å²) in [6, 6.07) is 8.24. The number of thiazole rings is 1. The van der Waals surface area contributed by atoms with Crippen LogP contribution < -0.4 is 5.32 Å². The predicted octanol–water partition coefficient (Wildman–Crippen LogP) is 2.76. The van der Waals surface area contributed by atoms with Crippen LogP contribution in [0.3, 0.4) is 0 Å². The molecule has 2 aliphatic rings. The van der Waals surface area contributed by atoms with Gasteiger partial charge in [-0.05, 0) is 25.0 Å². The minimum atomic E-state index is -0.387. The Morgan fingerprint density at radius 3 is 3.03 bits per heavy atom. The Morgan fingerprint density at radius 1 is 1.28 bits per heavy atom. The summed E-state index contributed by atoms with van der Waals surface area (Å²) in [4.78, 5) is 27.5. The van der Waals surface area contributed by atoms with E-state index in [9.17, 15) is 4.79 Å². The van der Waals surface area contributed by atoms with E-state index >= 15 is 0 Å². The lowest BCUT2D eigenvalue weighted by atomic mass is 10.0. The number of benzene rings is 1. The van der Waals surface area contributed by atoms with Crippen molar-refractivity contribution in [1.82, 2.24) is 30.0 Å². The summed E-state index contributed by atoms with van der Waals surface area (Å²) in [7, 11) is 0. The molecule has 1 aliphatic carbocycles. The van der Waals surface area contributed by atoms with Gasteiger partial charge in [0.25, 0.3) is 0 Å². The molecule has 29 heavy (non-hydrogen) atoms. The molecule has 0 unspecified atom stereocenters. The van der Waals surface area contributed by atoms with E-state index in [2.05, 4.69) is 25.5 Å². The summed E-state index contributed by atoms with van der Waals surface area (Å²) in [5.74, 6) is -0.322. The van der Waals surface area contributed by atoms with Gasteiger partial charge in [0, 0.05) is 24.7 Å². The zero-order valence-corrected chi connectivity index (χ0v) is 16.1. The topological polar surface area (TPSA) is 113 Å². The van der Waals surface area contributed by atoms with Crippen molar-refractivity contribution in [2.24, 2.45) is 0 Å². The molecule has 0 radical (unpaired) electrons. The molecule has 10 heteroatoms.